The Morgan fingerprint density at radius 3 is 2.55 bits per heavy atom. The van der Waals surface area contributed by atoms with Crippen molar-refractivity contribution in [3.63, 3.8) is 0 Å². The third-order valence-electron chi connectivity index (χ3n) is 5.86. The number of benzene rings is 2. The Labute approximate surface area is 190 Å². The summed E-state index contributed by atoms with van der Waals surface area (Å²) in [6.45, 7) is 2.09. The molecular weight excluding hydrogens is 440 g/mol. The highest BCUT2D eigenvalue weighted by Crippen LogP contribution is 2.46. The van der Waals surface area contributed by atoms with Crippen LogP contribution in [0.1, 0.15) is 35.3 Å². The average Bonchev–Trinajstić information content (AvgIpc) is 3.27. The number of hydrogen-bond donors (Lipinski definition) is 4. The van der Waals surface area contributed by atoms with E-state index < -0.39 is 37.1 Å². The highest BCUT2D eigenvalue weighted by molar-refractivity contribution is 7.99. The van der Waals surface area contributed by atoms with Crippen molar-refractivity contribution >= 4 is 23.4 Å². The van der Waals surface area contributed by atoms with Gasteiger partial charge in [-0.3, -0.25) is 0 Å². The highest BCUT2D eigenvalue weighted by Gasteiger charge is 2.45. The van der Waals surface area contributed by atoms with E-state index in [9.17, 15) is 20.4 Å². The Bertz CT molecular complexity index is 919. The van der Waals surface area contributed by atoms with Gasteiger partial charge in [0.15, 0.2) is 0 Å². The van der Waals surface area contributed by atoms with Crippen molar-refractivity contribution in [3.8, 4) is 5.75 Å². The van der Waals surface area contributed by atoms with Crippen LogP contribution in [0.4, 0.5) is 0 Å². The molecule has 0 spiro atoms. The van der Waals surface area contributed by atoms with Gasteiger partial charge in [0.2, 0.25) is 0 Å². The summed E-state index contributed by atoms with van der Waals surface area (Å²) >= 11 is 8.43. The molecule has 0 radical (unpaired) electrons. The quantitative estimate of drug-likeness (QED) is 0.519. The van der Waals surface area contributed by atoms with Crippen LogP contribution in [-0.2, 0) is 17.6 Å². The maximum absolute atomic E-state index is 10.7. The summed E-state index contributed by atoms with van der Waals surface area (Å²) in [5.41, 5.74) is 3.70. The predicted octanol–water partition coefficient (Wildman–Crippen LogP) is 2.49. The smallest absolute Gasteiger partial charge is 0.119 e. The summed E-state index contributed by atoms with van der Waals surface area (Å²) in [7, 11) is 0. The summed E-state index contributed by atoms with van der Waals surface area (Å²) in [6.07, 6.45) is -4.55. The minimum atomic E-state index is -1.41. The van der Waals surface area contributed by atoms with Crippen LogP contribution in [0.2, 0.25) is 5.02 Å². The Hall–Kier alpha value is -1.32. The molecule has 6 nitrogen and oxygen atoms in total. The largest absolute Gasteiger partial charge is 0.494 e. The number of fused-ring (bicyclic) bond motifs is 1. The first-order valence-electron chi connectivity index (χ1n) is 10.4. The first-order chi connectivity index (χ1) is 14.9. The van der Waals surface area contributed by atoms with Crippen LogP contribution < -0.4 is 4.74 Å². The van der Waals surface area contributed by atoms with E-state index in [4.69, 9.17) is 21.1 Å². The van der Waals surface area contributed by atoms with E-state index in [1.807, 2.05) is 37.3 Å². The summed E-state index contributed by atoms with van der Waals surface area (Å²) in [5.74, 6) is 1.68. The van der Waals surface area contributed by atoms with Crippen LogP contribution in [0.3, 0.4) is 0 Å². The average molecular weight is 467 g/mol. The lowest BCUT2D eigenvalue weighted by Crippen LogP contribution is -2.55. The van der Waals surface area contributed by atoms with Gasteiger partial charge >= 0.3 is 0 Å². The molecule has 8 heteroatoms. The second-order valence-electron chi connectivity index (χ2n) is 7.85. The molecule has 168 valence electrons. The highest BCUT2D eigenvalue weighted by atomic mass is 35.5. The molecule has 2 aromatic carbocycles. The number of halogens is 1. The first kappa shape index (κ1) is 22.9. The fourth-order valence-electron chi connectivity index (χ4n) is 4.24. The summed E-state index contributed by atoms with van der Waals surface area (Å²) < 4.78 is 11.4. The van der Waals surface area contributed by atoms with Gasteiger partial charge in [-0.05, 0) is 54.2 Å². The number of ether oxygens (including phenoxy) is 2. The van der Waals surface area contributed by atoms with Crippen molar-refractivity contribution in [1.82, 2.24) is 0 Å². The molecule has 0 amide bonds. The molecule has 0 bridgehead atoms. The Morgan fingerprint density at radius 1 is 1.13 bits per heavy atom. The number of hydrogen-bond acceptors (Lipinski definition) is 7. The maximum atomic E-state index is 10.7. The lowest BCUT2D eigenvalue weighted by atomic mass is 9.87. The van der Waals surface area contributed by atoms with Gasteiger partial charge in [-0.25, -0.2) is 0 Å². The van der Waals surface area contributed by atoms with Gasteiger partial charge in [-0.1, -0.05) is 29.8 Å². The van der Waals surface area contributed by atoms with Crippen molar-refractivity contribution in [2.24, 2.45) is 0 Å². The molecule has 2 aliphatic rings. The third-order valence-corrected chi connectivity index (χ3v) is 7.55. The van der Waals surface area contributed by atoms with Crippen LogP contribution in [-0.4, -0.2) is 63.8 Å². The molecular formula is C23H27ClO6S. The summed E-state index contributed by atoms with van der Waals surface area (Å²) in [4.78, 5) is 0.970. The van der Waals surface area contributed by atoms with E-state index in [1.165, 1.54) is 0 Å². The van der Waals surface area contributed by atoms with Gasteiger partial charge in [-0.2, -0.15) is 0 Å². The fraction of sp³-hybridized carbons (Fsp3) is 0.478. The molecule has 4 rings (SSSR count). The molecule has 0 unspecified atom stereocenters. The maximum Gasteiger partial charge on any atom is 0.119 e. The minimum Gasteiger partial charge on any atom is -0.494 e. The van der Waals surface area contributed by atoms with E-state index in [0.29, 0.717) is 18.1 Å². The van der Waals surface area contributed by atoms with Crippen molar-refractivity contribution < 1.29 is 29.9 Å². The van der Waals surface area contributed by atoms with Gasteiger partial charge in [-0.15, -0.1) is 11.8 Å². The molecule has 1 saturated heterocycles. The number of aliphatic hydroxyl groups excluding tert-OH is 4. The van der Waals surface area contributed by atoms with Crippen LogP contribution in [0.25, 0.3) is 0 Å². The third kappa shape index (κ3) is 4.46. The van der Waals surface area contributed by atoms with E-state index in [0.717, 1.165) is 45.1 Å². The second kappa shape index (κ2) is 9.67. The molecule has 5 atom stereocenters. The Kier molecular flexibility index (Phi) is 7.13. The van der Waals surface area contributed by atoms with Crippen LogP contribution in [0.15, 0.2) is 35.2 Å². The lowest BCUT2D eigenvalue weighted by molar-refractivity contribution is -0.231. The van der Waals surface area contributed by atoms with Gasteiger partial charge in [0.1, 0.15) is 36.3 Å². The minimum absolute atomic E-state index is 0.453. The van der Waals surface area contributed by atoms with Crippen molar-refractivity contribution in [2.45, 2.75) is 55.2 Å². The van der Waals surface area contributed by atoms with Gasteiger partial charge in [0, 0.05) is 10.6 Å². The topological polar surface area (TPSA) is 99.4 Å². The number of rotatable bonds is 6. The zero-order valence-corrected chi connectivity index (χ0v) is 18.8. The molecule has 31 heavy (non-hydrogen) atoms. The molecule has 2 aliphatic heterocycles. The standard InChI is InChI=1S/C23H27ClO6S/c1-2-29-14-5-3-12(4-6-14)9-13-10-16(15-7-8-31-23(15)18(13)24)22-21(28)20(27)19(26)17(11-25)30-22/h3-6,10,17,19-22,25-28H,2,7-9,11H2,1H3/t17-,19-,20+,21-,22+/m1/s1. The van der Waals surface area contributed by atoms with Gasteiger partial charge in [0.05, 0.1) is 18.2 Å². The normalized spacial score (nSPS) is 27.9. The van der Waals surface area contributed by atoms with Crippen LogP contribution >= 0.6 is 23.4 Å². The van der Waals surface area contributed by atoms with E-state index >= 15 is 0 Å². The first-order valence-corrected chi connectivity index (χ1v) is 11.8. The summed E-state index contributed by atoms with van der Waals surface area (Å²) in [6, 6.07) is 9.77. The fourth-order valence-corrected chi connectivity index (χ4v) is 5.80. The van der Waals surface area contributed by atoms with E-state index in [-0.39, 0.29) is 0 Å². The van der Waals surface area contributed by atoms with Gasteiger partial charge in [0.25, 0.3) is 0 Å². The Balaban J connectivity index is 1.70. The van der Waals surface area contributed by atoms with E-state index in [2.05, 4.69) is 0 Å². The van der Waals surface area contributed by atoms with Crippen molar-refractivity contribution in [2.75, 3.05) is 19.0 Å². The number of aliphatic hydroxyl groups is 4. The second-order valence-corrected chi connectivity index (χ2v) is 9.33. The molecule has 4 N–H and O–H groups in total. The van der Waals surface area contributed by atoms with Crippen molar-refractivity contribution in [3.05, 3.63) is 57.6 Å². The van der Waals surface area contributed by atoms with Crippen LogP contribution in [0.5, 0.6) is 5.75 Å². The summed E-state index contributed by atoms with van der Waals surface area (Å²) in [5, 5.41) is 41.3. The molecule has 2 aromatic rings. The molecule has 2 heterocycles. The van der Waals surface area contributed by atoms with Crippen molar-refractivity contribution in [1.29, 1.82) is 0 Å². The Morgan fingerprint density at radius 2 is 1.87 bits per heavy atom. The van der Waals surface area contributed by atoms with Gasteiger partial charge < -0.3 is 29.9 Å². The molecule has 0 saturated carbocycles. The van der Waals surface area contributed by atoms with E-state index in [1.54, 1.807) is 11.8 Å². The predicted molar refractivity (Wildman–Crippen MR) is 119 cm³/mol. The molecule has 1 fully saturated rings. The molecule has 0 aromatic heterocycles. The van der Waals surface area contributed by atoms with Crippen LogP contribution in [0, 0.1) is 0 Å². The number of thioether (sulfide) groups is 1. The molecule has 0 aliphatic carbocycles. The SMILES string of the molecule is CCOc1ccc(Cc2cc([C@@H]3O[C@H](CO)[C@@H](O)[C@H](O)[C@H]3O)c3c(c2Cl)SCC3)cc1. The zero-order chi connectivity index (χ0) is 22.1. The zero-order valence-electron chi connectivity index (χ0n) is 17.2. The lowest BCUT2D eigenvalue weighted by Gasteiger charge is -2.41. The monoisotopic (exact) mass is 466 g/mol.